The van der Waals surface area contributed by atoms with Gasteiger partial charge in [0.05, 0.1) is 17.9 Å². The second-order valence-electron chi connectivity index (χ2n) is 10.1. The average molecular weight is 805 g/mol. The number of alkyl halides is 12. The van der Waals surface area contributed by atoms with Crippen LogP contribution in [-0.4, -0.2) is 112 Å². The fraction of sp³-hybridized carbons (Fsp3) is 0.393. The SMILES string of the molecule is CN(Cc1cccnc1)Cc1cn2c(n1)CN(Cc1ccccn1)CC2.O=C(O)C(F)(F)F.O=C(O)C(F)(F)F.O=C(O)C(F)(F)F.O=C(O)C(F)(F)F. The van der Waals surface area contributed by atoms with E-state index in [4.69, 9.17) is 44.6 Å². The molecule has 0 saturated carbocycles. The minimum absolute atomic E-state index is 0.842. The van der Waals surface area contributed by atoms with Crippen molar-refractivity contribution in [1.29, 1.82) is 0 Å². The molecule has 302 valence electrons. The lowest BCUT2D eigenvalue weighted by molar-refractivity contribution is -0.193. The molecule has 14 nitrogen and oxygen atoms in total. The van der Waals surface area contributed by atoms with Gasteiger partial charge < -0.3 is 25.0 Å². The molecule has 1 aliphatic heterocycles. The van der Waals surface area contributed by atoms with Gasteiger partial charge in [0.15, 0.2) is 0 Å². The van der Waals surface area contributed by atoms with E-state index in [1.54, 1.807) is 0 Å². The number of pyridine rings is 2. The van der Waals surface area contributed by atoms with E-state index in [9.17, 15) is 52.7 Å². The summed E-state index contributed by atoms with van der Waals surface area (Å²) in [7, 11) is 2.12. The molecule has 0 amide bonds. The van der Waals surface area contributed by atoms with Crippen LogP contribution in [0.15, 0.2) is 55.1 Å². The smallest absolute Gasteiger partial charge is 0.475 e. The average Bonchev–Trinajstić information content (AvgIpc) is 3.42. The van der Waals surface area contributed by atoms with Crippen molar-refractivity contribution in [2.45, 2.75) is 57.4 Å². The highest BCUT2D eigenvalue weighted by molar-refractivity contribution is 5.74. The lowest BCUT2D eigenvalue weighted by Gasteiger charge is -2.27. The lowest BCUT2D eigenvalue weighted by Crippen LogP contribution is -2.33. The Morgan fingerprint density at radius 2 is 1.17 bits per heavy atom. The van der Waals surface area contributed by atoms with Crippen LogP contribution in [0.1, 0.15) is 22.8 Å². The van der Waals surface area contributed by atoms with E-state index in [1.807, 2.05) is 36.8 Å². The zero-order valence-electron chi connectivity index (χ0n) is 27.1. The number of carboxylic acids is 4. The first kappa shape index (κ1) is 48.5. The van der Waals surface area contributed by atoms with Gasteiger partial charge in [-0.25, -0.2) is 24.2 Å². The molecule has 0 aromatic carbocycles. The molecule has 4 heterocycles. The van der Waals surface area contributed by atoms with Crippen LogP contribution in [0.5, 0.6) is 0 Å². The van der Waals surface area contributed by atoms with Crippen molar-refractivity contribution >= 4 is 23.9 Å². The quantitative estimate of drug-likeness (QED) is 0.247. The molecule has 1 aliphatic rings. The van der Waals surface area contributed by atoms with Crippen LogP contribution in [0.25, 0.3) is 0 Å². The maximum Gasteiger partial charge on any atom is 0.490 e. The number of rotatable bonds is 6. The monoisotopic (exact) mass is 804 g/mol. The largest absolute Gasteiger partial charge is 0.490 e. The molecule has 0 saturated heterocycles. The fourth-order valence-electron chi connectivity index (χ4n) is 3.43. The number of carbonyl (C=O) groups is 4. The Bertz CT molecular complexity index is 1520. The van der Waals surface area contributed by atoms with E-state index in [2.05, 4.69) is 49.7 Å². The summed E-state index contributed by atoms with van der Waals surface area (Å²) in [6.45, 7) is 5.50. The predicted octanol–water partition coefficient (Wildman–Crippen LogP) is 4.85. The topological polar surface area (TPSA) is 199 Å². The van der Waals surface area contributed by atoms with Gasteiger partial charge >= 0.3 is 48.6 Å². The number of hydrogen-bond acceptors (Lipinski definition) is 9. The van der Waals surface area contributed by atoms with Gasteiger partial charge in [0, 0.05) is 57.5 Å². The summed E-state index contributed by atoms with van der Waals surface area (Å²) in [6, 6.07) is 10.2. The first-order valence-corrected chi connectivity index (χ1v) is 14.0. The molecule has 0 radical (unpaired) electrons. The van der Waals surface area contributed by atoms with Gasteiger partial charge in [-0.2, -0.15) is 52.7 Å². The Kier molecular flexibility index (Phi) is 19.1. The normalized spacial score (nSPS) is 12.9. The minimum atomic E-state index is -5.08. The third-order valence-electron chi connectivity index (χ3n) is 5.62. The molecular weight excluding hydrogens is 776 g/mol. The molecule has 0 spiro atoms. The van der Waals surface area contributed by atoms with Gasteiger partial charge in [-0.3, -0.25) is 19.8 Å². The Morgan fingerprint density at radius 3 is 1.56 bits per heavy atom. The van der Waals surface area contributed by atoms with Crippen LogP contribution < -0.4 is 0 Å². The molecular formula is C28H28F12N6O8. The summed E-state index contributed by atoms with van der Waals surface area (Å²) in [4.78, 5) is 53.8. The van der Waals surface area contributed by atoms with E-state index >= 15 is 0 Å². The fourth-order valence-corrected chi connectivity index (χ4v) is 3.43. The van der Waals surface area contributed by atoms with Crippen molar-refractivity contribution in [2.24, 2.45) is 0 Å². The van der Waals surface area contributed by atoms with E-state index in [0.29, 0.717) is 0 Å². The minimum Gasteiger partial charge on any atom is -0.475 e. The second kappa shape index (κ2) is 21.2. The van der Waals surface area contributed by atoms with Crippen molar-refractivity contribution in [3.63, 3.8) is 0 Å². The molecule has 3 aromatic heterocycles. The van der Waals surface area contributed by atoms with Crippen molar-refractivity contribution in [1.82, 2.24) is 29.3 Å². The number of hydrogen-bond donors (Lipinski definition) is 4. The van der Waals surface area contributed by atoms with Gasteiger partial charge in [-0.15, -0.1) is 0 Å². The number of carboxylic acid groups (broad SMARTS) is 4. The summed E-state index contributed by atoms with van der Waals surface area (Å²) in [5.41, 5.74) is 3.47. The summed E-state index contributed by atoms with van der Waals surface area (Å²) in [6.07, 6.45) is -12.5. The molecule has 0 fully saturated rings. The number of fused-ring (bicyclic) bond motifs is 1. The predicted molar refractivity (Wildman–Crippen MR) is 155 cm³/mol. The zero-order valence-corrected chi connectivity index (χ0v) is 27.1. The second-order valence-corrected chi connectivity index (χ2v) is 10.1. The number of nitrogens with zero attached hydrogens (tertiary/aromatic N) is 6. The number of halogens is 12. The Labute approximate surface area is 294 Å². The van der Waals surface area contributed by atoms with E-state index in [0.717, 1.165) is 56.5 Å². The summed E-state index contributed by atoms with van der Waals surface area (Å²) < 4.78 is 129. The third-order valence-corrected chi connectivity index (χ3v) is 5.62. The lowest BCUT2D eigenvalue weighted by atomic mass is 10.2. The van der Waals surface area contributed by atoms with Crippen molar-refractivity contribution in [3.8, 4) is 0 Å². The van der Waals surface area contributed by atoms with Crippen LogP contribution in [-0.2, 0) is 51.9 Å². The van der Waals surface area contributed by atoms with Crippen LogP contribution >= 0.6 is 0 Å². The highest BCUT2D eigenvalue weighted by Gasteiger charge is 2.40. The standard InChI is InChI=1S/C20H24N6.4C2HF3O2/c1-24(12-17-5-4-7-21-11-17)13-19-15-26-10-9-25(16-20(26)23-19)14-18-6-2-3-8-22-18;4*3-2(4,5)1(6)7/h2-8,11,15H,9-10,12-14,16H2,1H3;4*(H,6,7). The van der Waals surface area contributed by atoms with Crippen molar-refractivity contribution in [2.75, 3.05) is 13.6 Å². The van der Waals surface area contributed by atoms with Crippen molar-refractivity contribution < 1.29 is 92.3 Å². The van der Waals surface area contributed by atoms with Gasteiger partial charge in [-0.1, -0.05) is 12.1 Å². The number of aromatic nitrogens is 4. The summed E-state index contributed by atoms with van der Waals surface area (Å²) >= 11 is 0. The van der Waals surface area contributed by atoms with E-state index < -0.39 is 48.6 Å². The maximum atomic E-state index is 10.6. The number of aliphatic carboxylic acids is 4. The molecule has 4 rings (SSSR count). The summed E-state index contributed by atoms with van der Waals surface area (Å²) in [5, 5.41) is 28.5. The van der Waals surface area contributed by atoms with Gasteiger partial charge in [0.25, 0.3) is 0 Å². The van der Waals surface area contributed by atoms with E-state index in [1.165, 1.54) is 5.56 Å². The molecule has 54 heavy (non-hydrogen) atoms. The number of imidazole rings is 1. The Hall–Kier alpha value is -5.53. The van der Waals surface area contributed by atoms with Gasteiger partial charge in [-0.05, 0) is 30.8 Å². The maximum absolute atomic E-state index is 10.6. The molecule has 0 bridgehead atoms. The first-order valence-electron chi connectivity index (χ1n) is 14.0. The van der Waals surface area contributed by atoms with Crippen LogP contribution in [0.3, 0.4) is 0 Å². The highest BCUT2D eigenvalue weighted by atomic mass is 19.4. The molecule has 3 aromatic rings. The van der Waals surface area contributed by atoms with Crippen molar-refractivity contribution in [3.05, 3.63) is 77.9 Å². The third kappa shape index (κ3) is 21.1. The van der Waals surface area contributed by atoms with Gasteiger partial charge in [0.2, 0.25) is 0 Å². The van der Waals surface area contributed by atoms with Crippen LogP contribution in [0.4, 0.5) is 52.7 Å². The molecule has 0 atom stereocenters. The Balaban J connectivity index is 0.000000820. The molecule has 0 unspecified atom stereocenters. The van der Waals surface area contributed by atoms with Crippen LogP contribution in [0, 0.1) is 0 Å². The molecule has 4 N–H and O–H groups in total. The highest BCUT2D eigenvalue weighted by Crippen LogP contribution is 2.17. The molecule has 0 aliphatic carbocycles. The zero-order chi connectivity index (χ0) is 42.1. The summed E-state index contributed by atoms with van der Waals surface area (Å²) in [5.74, 6) is -9.88. The first-order chi connectivity index (χ1) is 24.5. The van der Waals surface area contributed by atoms with Gasteiger partial charge in [0.1, 0.15) is 5.82 Å². The Morgan fingerprint density at radius 1 is 0.685 bits per heavy atom. The molecule has 26 heteroatoms. The van der Waals surface area contributed by atoms with Crippen LogP contribution in [0.2, 0.25) is 0 Å². The van der Waals surface area contributed by atoms with E-state index in [-0.39, 0.29) is 0 Å².